The van der Waals surface area contributed by atoms with Gasteiger partial charge in [-0.15, -0.1) is 0 Å². The standard InChI is InChI=1S/C22H24N4O6/c1-14(2)24-19(27)13-32-18-10-4-15(5-11-18)12-23-26-21(29)20(28)25-17-8-6-16(7-9-17)22(30)31-3/h4-12,14H,13H2,1-3H3,(H,24,27)(H,25,28)(H,26,29)/b23-12-. The maximum Gasteiger partial charge on any atom is 0.337 e. The van der Waals surface area contributed by atoms with E-state index in [0.717, 1.165) is 0 Å². The summed E-state index contributed by atoms with van der Waals surface area (Å²) in [5.41, 5.74) is 3.41. The molecule has 0 unspecified atom stereocenters. The van der Waals surface area contributed by atoms with Gasteiger partial charge in [-0.2, -0.15) is 5.10 Å². The molecule has 2 aromatic rings. The Morgan fingerprint density at radius 2 is 1.62 bits per heavy atom. The molecule has 0 atom stereocenters. The van der Waals surface area contributed by atoms with Crippen molar-refractivity contribution in [3.05, 3.63) is 59.7 Å². The van der Waals surface area contributed by atoms with Gasteiger partial charge in [0.05, 0.1) is 18.9 Å². The van der Waals surface area contributed by atoms with Gasteiger partial charge in [-0.05, 0) is 67.9 Å². The Bertz CT molecular complexity index is 984. The summed E-state index contributed by atoms with van der Waals surface area (Å²) in [5, 5.41) is 8.85. The molecule has 0 saturated carbocycles. The fourth-order valence-electron chi connectivity index (χ4n) is 2.37. The Morgan fingerprint density at radius 1 is 0.969 bits per heavy atom. The summed E-state index contributed by atoms with van der Waals surface area (Å²) in [6.45, 7) is 3.62. The second kappa shape index (κ2) is 11.8. The van der Waals surface area contributed by atoms with Crippen molar-refractivity contribution >= 4 is 35.6 Å². The summed E-state index contributed by atoms with van der Waals surface area (Å²) in [6, 6.07) is 12.5. The third kappa shape index (κ3) is 7.90. The van der Waals surface area contributed by atoms with Crippen molar-refractivity contribution in [1.82, 2.24) is 10.7 Å². The van der Waals surface area contributed by atoms with Crippen LogP contribution in [0.2, 0.25) is 0 Å². The van der Waals surface area contributed by atoms with Gasteiger partial charge in [0.15, 0.2) is 6.61 Å². The minimum atomic E-state index is -0.964. The number of nitrogens with zero attached hydrogens (tertiary/aromatic N) is 1. The highest BCUT2D eigenvalue weighted by Crippen LogP contribution is 2.11. The van der Waals surface area contributed by atoms with Crippen LogP contribution in [-0.2, 0) is 19.1 Å². The number of nitrogens with one attached hydrogen (secondary N) is 3. The van der Waals surface area contributed by atoms with Crippen molar-refractivity contribution in [3.8, 4) is 5.75 Å². The monoisotopic (exact) mass is 440 g/mol. The molecule has 0 spiro atoms. The van der Waals surface area contributed by atoms with E-state index in [1.54, 1.807) is 24.3 Å². The van der Waals surface area contributed by atoms with Crippen LogP contribution in [0.15, 0.2) is 53.6 Å². The average molecular weight is 440 g/mol. The molecule has 168 valence electrons. The van der Waals surface area contributed by atoms with Crippen molar-refractivity contribution in [3.63, 3.8) is 0 Å². The van der Waals surface area contributed by atoms with Gasteiger partial charge in [0, 0.05) is 11.7 Å². The Hall–Kier alpha value is -4.21. The van der Waals surface area contributed by atoms with Gasteiger partial charge in [-0.25, -0.2) is 10.2 Å². The molecule has 0 aromatic heterocycles. The SMILES string of the molecule is COC(=O)c1ccc(NC(=O)C(=O)N/N=C\c2ccc(OCC(=O)NC(C)C)cc2)cc1. The van der Waals surface area contributed by atoms with Crippen LogP contribution in [0.1, 0.15) is 29.8 Å². The number of benzene rings is 2. The zero-order valence-electron chi connectivity index (χ0n) is 17.9. The summed E-state index contributed by atoms with van der Waals surface area (Å²) in [6.07, 6.45) is 1.35. The number of anilines is 1. The highest BCUT2D eigenvalue weighted by Gasteiger charge is 2.13. The number of ether oxygens (including phenoxy) is 2. The van der Waals surface area contributed by atoms with Gasteiger partial charge in [-0.1, -0.05) is 0 Å². The molecule has 10 heteroatoms. The van der Waals surface area contributed by atoms with E-state index in [1.807, 2.05) is 13.8 Å². The lowest BCUT2D eigenvalue weighted by Crippen LogP contribution is -2.34. The Morgan fingerprint density at radius 3 is 2.22 bits per heavy atom. The molecule has 0 aliphatic carbocycles. The minimum absolute atomic E-state index is 0.0362. The zero-order chi connectivity index (χ0) is 23.5. The predicted octanol–water partition coefficient (Wildman–Crippen LogP) is 1.47. The fraction of sp³-hybridized carbons (Fsp3) is 0.227. The van der Waals surface area contributed by atoms with Crippen LogP contribution in [0.3, 0.4) is 0 Å². The molecule has 3 amide bonds. The van der Waals surface area contributed by atoms with Gasteiger partial charge >= 0.3 is 17.8 Å². The van der Waals surface area contributed by atoms with Crippen LogP contribution >= 0.6 is 0 Å². The van der Waals surface area contributed by atoms with E-state index in [1.165, 1.54) is 37.6 Å². The Labute approximate surface area is 185 Å². The number of esters is 1. The maximum atomic E-state index is 11.9. The third-order valence-corrected chi connectivity index (χ3v) is 3.85. The summed E-state index contributed by atoms with van der Waals surface area (Å²) in [5.74, 6) is -2.11. The topological polar surface area (TPSA) is 135 Å². The van der Waals surface area contributed by atoms with Crippen molar-refractivity contribution in [2.75, 3.05) is 19.0 Å². The molecule has 10 nitrogen and oxygen atoms in total. The molecule has 0 heterocycles. The first-order valence-corrected chi connectivity index (χ1v) is 9.63. The second-order valence-corrected chi connectivity index (χ2v) is 6.80. The lowest BCUT2D eigenvalue weighted by Gasteiger charge is -2.09. The lowest BCUT2D eigenvalue weighted by molar-refractivity contribution is -0.136. The van der Waals surface area contributed by atoms with Crippen LogP contribution in [0.5, 0.6) is 5.75 Å². The minimum Gasteiger partial charge on any atom is -0.484 e. The van der Waals surface area contributed by atoms with E-state index in [2.05, 4.69) is 25.9 Å². The number of hydrogen-bond donors (Lipinski definition) is 3. The summed E-state index contributed by atoms with van der Waals surface area (Å²) < 4.78 is 9.96. The first kappa shape index (κ1) is 24.1. The summed E-state index contributed by atoms with van der Waals surface area (Å²) in [7, 11) is 1.26. The van der Waals surface area contributed by atoms with Crippen LogP contribution in [-0.4, -0.2) is 49.7 Å². The van der Waals surface area contributed by atoms with Crippen LogP contribution in [0.4, 0.5) is 5.69 Å². The first-order chi connectivity index (χ1) is 15.3. The normalized spacial score (nSPS) is 10.5. The van der Waals surface area contributed by atoms with Gasteiger partial charge in [0.1, 0.15) is 5.75 Å². The van der Waals surface area contributed by atoms with Crippen molar-refractivity contribution in [2.45, 2.75) is 19.9 Å². The molecule has 0 aliphatic heterocycles. The van der Waals surface area contributed by atoms with Gasteiger partial charge in [0.25, 0.3) is 5.91 Å². The van der Waals surface area contributed by atoms with Crippen LogP contribution in [0, 0.1) is 0 Å². The highest BCUT2D eigenvalue weighted by atomic mass is 16.5. The second-order valence-electron chi connectivity index (χ2n) is 6.80. The molecule has 0 aliphatic rings. The molecular formula is C22H24N4O6. The Balaban J connectivity index is 1.80. The largest absolute Gasteiger partial charge is 0.484 e. The van der Waals surface area contributed by atoms with Crippen molar-refractivity contribution in [1.29, 1.82) is 0 Å². The number of rotatable bonds is 8. The van der Waals surface area contributed by atoms with Gasteiger partial charge in [0.2, 0.25) is 0 Å². The molecule has 2 aromatic carbocycles. The smallest absolute Gasteiger partial charge is 0.337 e. The van der Waals surface area contributed by atoms with Crippen molar-refractivity contribution in [2.24, 2.45) is 5.10 Å². The quantitative estimate of drug-likeness (QED) is 0.246. The molecule has 0 radical (unpaired) electrons. The number of carbonyl (C=O) groups excluding carboxylic acids is 4. The molecule has 32 heavy (non-hydrogen) atoms. The van der Waals surface area contributed by atoms with E-state index >= 15 is 0 Å². The van der Waals surface area contributed by atoms with Gasteiger partial charge < -0.3 is 20.1 Å². The van der Waals surface area contributed by atoms with E-state index < -0.39 is 17.8 Å². The van der Waals surface area contributed by atoms with E-state index in [9.17, 15) is 19.2 Å². The fourth-order valence-corrected chi connectivity index (χ4v) is 2.37. The number of methoxy groups -OCH3 is 1. The van der Waals surface area contributed by atoms with Gasteiger partial charge in [-0.3, -0.25) is 14.4 Å². The molecule has 2 rings (SSSR count). The van der Waals surface area contributed by atoms with E-state index in [0.29, 0.717) is 22.6 Å². The maximum absolute atomic E-state index is 11.9. The lowest BCUT2D eigenvalue weighted by atomic mass is 10.2. The highest BCUT2D eigenvalue weighted by molar-refractivity contribution is 6.39. The Kier molecular flexibility index (Phi) is 8.91. The summed E-state index contributed by atoms with van der Waals surface area (Å²) in [4.78, 5) is 46.8. The molecular weight excluding hydrogens is 416 g/mol. The first-order valence-electron chi connectivity index (χ1n) is 9.63. The summed E-state index contributed by atoms with van der Waals surface area (Å²) >= 11 is 0. The van der Waals surface area contributed by atoms with E-state index in [-0.39, 0.29) is 18.6 Å². The zero-order valence-corrected chi connectivity index (χ0v) is 17.9. The number of carbonyl (C=O) groups is 4. The van der Waals surface area contributed by atoms with Crippen molar-refractivity contribution < 1.29 is 28.7 Å². The average Bonchev–Trinajstić information content (AvgIpc) is 2.78. The molecule has 3 N–H and O–H groups in total. The molecule has 0 fully saturated rings. The van der Waals surface area contributed by atoms with E-state index in [4.69, 9.17) is 4.74 Å². The van der Waals surface area contributed by atoms with Crippen LogP contribution < -0.4 is 20.8 Å². The predicted molar refractivity (Wildman–Crippen MR) is 117 cm³/mol. The molecule has 0 bridgehead atoms. The number of hydrogen-bond acceptors (Lipinski definition) is 7. The molecule has 0 saturated heterocycles. The third-order valence-electron chi connectivity index (χ3n) is 3.85. The number of hydrazone groups is 1. The number of amides is 3. The van der Waals surface area contributed by atoms with Crippen LogP contribution in [0.25, 0.3) is 0 Å².